The summed E-state index contributed by atoms with van der Waals surface area (Å²) in [6.45, 7) is 2.23. The Hall–Kier alpha value is -2.46. The first-order valence-electron chi connectivity index (χ1n) is 8.74. The summed E-state index contributed by atoms with van der Waals surface area (Å²) >= 11 is 1.56. The Morgan fingerprint density at radius 1 is 1.04 bits per heavy atom. The van der Waals surface area contributed by atoms with E-state index in [-0.39, 0.29) is 0 Å². The molecule has 3 aromatic rings. The molecule has 0 aliphatic carbocycles. The third kappa shape index (κ3) is 5.26. The highest BCUT2D eigenvalue weighted by Gasteiger charge is 2.02. The number of hydrogen-bond acceptors (Lipinski definition) is 4. The maximum Gasteiger partial charge on any atom is 0.203 e. The molecule has 0 atom stereocenters. The van der Waals surface area contributed by atoms with Crippen molar-refractivity contribution in [1.82, 2.24) is 4.98 Å². The van der Waals surface area contributed by atoms with Crippen LogP contribution in [-0.4, -0.2) is 11.2 Å². The minimum atomic E-state index is 0.797. The van der Waals surface area contributed by atoms with Gasteiger partial charge >= 0.3 is 0 Å². The average molecular weight is 350 g/mol. The van der Waals surface area contributed by atoms with Gasteiger partial charge in [0, 0.05) is 10.9 Å². The Labute approximate surface area is 153 Å². The van der Waals surface area contributed by atoms with E-state index in [0.717, 1.165) is 28.4 Å². The van der Waals surface area contributed by atoms with Gasteiger partial charge in [-0.1, -0.05) is 74.4 Å². The van der Waals surface area contributed by atoms with E-state index >= 15 is 0 Å². The van der Waals surface area contributed by atoms with Gasteiger partial charge in [-0.3, -0.25) is 5.43 Å². The van der Waals surface area contributed by atoms with Crippen molar-refractivity contribution in [3.8, 4) is 11.3 Å². The smallest absolute Gasteiger partial charge is 0.203 e. The fraction of sp³-hybridized carbons (Fsp3) is 0.238. The van der Waals surface area contributed by atoms with E-state index in [1.54, 1.807) is 11.3 Å². The fourth-order valence-electron chi connectivity index (χ4n) is 2.58. The molecular weight excluding hydrogens is 326 g/mol. The van der Waals surface area contributed by atoms with Gasteiger partial charge in [0.25, 0.3) is 0 Å². The number of unbranched alkanes of at least 4 members (excludes halogenated alkanes) is 2. The molecule has 0 aliphatic rings. The average Bonchev–Trinajstić information content (AvgIpc) is 3.13. The lowest BCUT2D eigenvalue weighted by atomic mass is 10.1. The first kappa shape index (κ1) is 17.4. The molecule has 0 saturated heterocycles. The van der Waals surface area contributed by atoms with Crippen LogP contribution in [0.5, 0.6) is 0 Å². The molecular formula is C21H23N3S. The first-order chi connectivity index (χ1) is 12.3. The summed E-state index contributed by atoms with van der Waals surface area (Å²) in [5, 5.41) is 7.13. The van der Waals surface area contributed by atoms with Crippen molar-refractivity contribution in [3.05, 3.63) is 71.1 Å². The number of rotatable bonds is 8. The molecule has 3 nitrogen and oxygen atoms in total. The second kappa shape index (κ2) is 9.14. The summed E-state index contributed by atoms with van der Waals surface area (Å²) in [6.07, 6.45) is 6.81. The van der Waals surface area contributed by atoms with Gasteiger partial charge in [-0.05, 0) is 24.0 Å². The minimum absolute atomic E-state index is 0.797. The second-order valence-corrected chi connectivity index (χ2v) is 6.83. The molecule has 128 valence electrons. The predicted molar refractivity (Wildman–Crippen MR) is 108 cm³/mol. The zero-order valence-electron chi connectivity index (χ0n) is 14.5. The molecule has 0 amide bonds. The molecule has 0 radical (unpaired) electrons. The van der Waals surface area contributed by atoms with E-state index in [9.17, 15) is 0 Å². The first-order valence-corrected chi connectivity index (χ1v) is 9.62. The van der Waals surface area contributed by atoms with Crippen LogP contribution in [0.25, 0.3) is 11.3 Å². The number of benzene rings is 2. The van der Waals surface area contributed by atoms with Crippen molar-refractivity contribution in [1.29, 1.82) is 0 Å². The van der Waals surface area contributed by atoms with Gasteiger partial charge in [0.2, 0.25) is 5.13 Å². The summed E-state index contributed by atoms with van der Waals surface area (Å²) < 4.78 is 0. The molecule has 1 heterocycles. The minimum Gasteiger partial charge on any atom is -0.253 e. The van der Waals surface area contributed by atoms with Gasteiger partial charge < -0.3 is 0 Å². The van der Waals surface area contributed by atoms with Crippen molar-refractivity contribution >= 4 is 22.7 Å². The van der Waals surface area contributed by atoms with E-state index in [1.165, 1.54) is 24.8 Å². The number of nitrogens with zero attached hydrogens (tertiary/aromatic N) is 2. The summed E-state index contributed by atoms with van der Waals surface area (Å²) in [7, 11) is 0. The third-order valence-electron chi connectivity index (χ3n) is 4.00. The van der Waals surface area contributed by atoms with Gasteiger partial charge in [-0.15, -0.1) is 11.3 Å². The fourth-order valence-corrected chi connectivity index (χ4v) is 3.25. The number of anilines is 1. The standard InChI is InChI=1S/C21H23N3S/c1-2-3-5-8-17-11-13-18(14-12-17)15-22-24-21-23-20(16-25-21)19-9-6-4-7-10-19/h4,6-7,9-16H,2-3,5,8H2,1H3,(H,23,24). The Balaban J connectivity index is 1.54. The van der Waals surface area contributed by atoms with Gasteiger partial charge in [-0.2, -0.15) is 5.10 Å². The molecule has 0 bridgehead atoms. The largest absolute Gasteiger partial charge is 0.253 e. The maximum absolute atomic E-state index is 4.56. The van der Waals surface area contributed by atoms with Crippen LogP contribution >= 0.6 is 11.3 Å². The number of hydrazone groups is 1. The Morgan fingerprint density at radius 3 is 2.60 bits per heavy atom. The van der Waals surface area contributed by atoms with Crippen LogP contribution in [0.4, 0.5) is 5.13 Å². The van der Waals surface area contributed by atoms with E-state index in [0.29, 0.717) is 0 Å². The van der Waals surface area contributed by atoms with Crippen molar-refractivity contribution in [3.63, 3.8) is 0 Å². The zero-order valence-corrected chi connectivity index (χ0v) is 15.3. The van der Waals surface area contributed by atoms with E-state index < -0.39 is 0 Å². The Morgan fingerprint density at radius 2 is 1.84 bits per heavy atom. The maximum atomic E-state index is 4.56. The lowest BCUT2D eigenvalue weighted by molar-refractivity contribution is 0.717. The summed E-state index contributed by atoms with van der Waals surface area (Å²) in [6, 6.07) is 18.8. The highest BCUT2D eigenvalue weighted by Crippen LogP contribution is 2.24. The van der Waals surface area contributed by atoms with E-state index in [4.69, 9.17) is 0 Å². The molecule has 4 heteroatoms. The van der Waals surface area contributed by atoms with Crippen LogP contribution < -0.4 is 5.43 Å². The Bertz CT molecular complexity index is 792. The number of hydrogen-bond donors (Lipinski definition) is 1. The molecule has 25 heavy (non-hydrogen) atoms. The molecule has 1 aromatic heterocycles. The number of nitrogens with one attached hydrogen (secondary N) is 1. The monoisotopic (exact) mass is 349 g/mol. The lowest BCUT2D eigenvalue weighted by Gasteiger charge is -2.01. The normalized spacial score (nSPS) is 11.1. The molecule has 0 unspecified atom stereocenters. The van der Waals surface area contributed by atoms with Crippen LogP contribution in [-0.2, 0) is 6.42 Å². The van der Waals surface area contributed by atoms with Gasteiger partial charge in [0.1, 0.15) is 0 Å². The number of thiazole rings is 1. The summed E-state index contributed by atoms with van der Waals surface area (Å²) in [5.74, 6) is 0. The quantitative estimate of drug-likeness (QED) is 0.308. The zero-order chi connectivity index (χ0) is 17.3. The SMILES string of the molecule is CCCCCc1ccc(C=NNc2nc(-c3ccccc3)cs2)cc1. The van der Waals surface area contributed by atoms with Gasteiger partial charge in [-0.25, -0.2) is 4.98 Å². The van der Waals surface area contributed by atoms with Crippen molar-refractivity contribution < 1.29 is 0 Å². The van der Waals surface area contributed by atoms with Crippen LogP contribution in [0, 0.1) is 0 Å². The predicted octanol–water partition coefficient (Wildman–Crippen LogP) is 5.99. The van der Waals surface area contributed by atoms with Crippen LogP contribution in [0.1, 0.15) is 37.3 Å². The number of aromatic nitrogens is 1. The van der Waals surface area contributed by atoms with Gasteiger partial charge in [0.05, 0.1) is 11.9 Å². The van der Waals surface area contributed by atoms with Crippen molar-refractivity contribution in [2.75, 3.05) is 5.43 Å². The molecule has 3 rings (SSSR count). The van der Waals surface area contributed by atoms with Crippen molar-refractivity contribution in [2.24, 2.45) is 5.10 Å². The summed E-state index contributed by atoms with van der Waals surface area (Å²) in [4.78, 5) is 4.56. The van der Waals surface area contributed by atoms with Crippen LogP contribution in [0.15, 0.2) is 65.1 Å². The molecule has 0 fully saturated rings. The number of aryl methyl sites for hydroxylation is 1. The highest BCUT2D eigenvalue weighted by molar-refractivity contribution is 7.14. The van der Waals surface area contributed by atoms with Crippen LogP contribution in [0.2, 0.25) is 0 Å². The lowest BCUT2D eigenvalue weighted by Crippen LogP contribution is -1.91. The van der Waals surface area contributed by atoms with Crippen molar-refractivity contribution in [2.45, 2.75) is 32.6 Å². The molecule has 1 N–H and O–H groups in total. The van der Waals surface area contributed by atoms with Crippen LogP contribution in [0.3, 0.4) is 0 Å². The topological polar surface area (TPSA) is 37.3 Å². The van der Waals surface area contributed by atoms with Gasteiger partial charge in [0.15, 0.2) is 0 Å². The molecule has 0 saturated carbocycles. The molecule has 0 spiro atoms. The molecule has 0 aliphatic heterocycles. The van der Waals surface area contributed by atoms with E-state index in [1.807, 2.05) is 29.8 Å². The summed E-state index contributed by atoms with van der Waals surface area (Å²) in [5.41, 5.74) is 7.59. The van der Waals surface area contributed by atoms with E-state index in [2.05, 4.69) is 58.8 Å². The second-order valence-electron chi connectivity index (χ2n) is 5.97. The highest BCUT2D eigenvalue weighted by atomic mass is 32.1. The Kier molecular flexibility index (Phi) is 6.35. The third-order valence-corrected chi connectivity index (χ3v) is 4.74. The molecule has 2 aromatic carbocycles.